The fourth-order valence-corrected chi connectivity index (χ4v) is 3.01. The van der Waals surface area contributed by atoms with Crippen molar-refractivity contribution in [3.8, 4) is 0 Å². The highest BCUT2D eigenvalue weighted by atomic mass is 35.5. The minimum absolute atomic E-state index is 0.254. The van der Waals surface area contributed by atoms with Crippen molar-refractivity contribution in [1.29, 1.82) is 0 Å². The molecule has 0 spiro atoms. The molecule has 2 rings (SSSR count). The van der Waals surface area contributed by atoms with Crippen LogP contribution < -0.4 is 0 Å². The number of sulfone groups is 1. The van der Waals surface area contributed by atoms with Crippen molar-refractivity contribution >= 4 is 21.4 Å². The van der Waals surface area contributed by atoms with Crippen LogP contribution in [0.5, 0.6) is 0 Å². The second-order valence-corrected chi connectivity index (χ2v) is 6.53. The predicted molar refractivity (Wildman–Crippen MR) is 57.5 cm³/mol. The fourth-order valence-electron chi connectivity index (χ4n) is 1.85. The van der Waals surface area contributed by atoms with Gasteiger partial charge in [-0.15, -0.1) is 0 Å². The van der Waals surface area contributed by atoms with Crippen LogP contribution in [0.3, 0.4) is 0 Å². The van der Waals surface area contributed by atoms with Gasteiger partial charge in [0.15, 0.2) is 9.84 Å². The monoisotopic (exact) mass is 230 g/mol. The lowest BCUT2D eigenvalue weighted by molar-refractivity contribution is 0.587. The maximum absolute atomic E-state index is 11.4. The first kappa shape index (κ1) is 9.99. The molecule has 0 bridgehead atoms. The van der Waals surface area contributed by atoms with Crippen molar-refractivity contribution in [1.82, 2.24) is 0 Å². The number of halogens is 1. The molecule has 0 aromatic heterocycles. The average Bonchev–Trinajstić information content (AvgIpc) is 2.45. The molecular weight excluding hydrogens is 220 g/mol. The molecule has 0 aliphatic heterocycles. The van der Waals surface area contributed by atoms with Gasteiger partial charge in [0.2, 0.25) is 0 Å². The van der Waals surface area contributed by atoms with E-state index in [9.17, 15) is 8.42 Å². The van der Waals surface area contributed by atoms with Gasteiger partial charge in [0.05, 0.1) is 5.25 Å². The van der Waals surface area contributed by atoms with Gasteiger partial charge in [-0.3, -0.25) is 0 Å². The van der Waals surface area contributed by atoms with Crippen LogP contribution in [0.25, 0.3) is 0 Å². The zero-order valence-electron chi connectivity index (χ0n) is 7.83. The standard InChI is InChI=1S/C10H11ClO2S/c1-14(12,13)10-5-7-2-3-9(11)4-8(7)6-10/h2-4,10H,5-6H2,1H3. The van der Waals surface area contributed by atoms with Crippen LogP contribution in [-0.2, 0) is 22.7 Å². The first-order valence-electron chi connectivity index (χ1n) is 4.43. The van der Waals surface area contributed by atoms with Crippen LogP contribution in [0.4, 0.5) is 0 Å². The van der Waals surface area contributed by atoms with Crippen LogP contribution in [-0.4, -0.2) is 19.9 Å². The Kier molecular flexibility index (Phi) is 2.32. The smallest absolute Gasteiger partial charge is 0.150 e. The minimum atomic E-state index is -2.93. The normalized spacial score (nSPS) is 20.9. The van der Waals surface area contributed by atoms with Crippen LogP contribution in [0.15, 0.2) is 18.2 Å². The summed E-state index contributed by atoms with van der Waals surface area (Å²) in [7, 11) is -2.93. The van der Waals surface area contributed by atoms with E-state index in [4.69, 9.17) is 11.6 Å². The van der Waals surface area contributed by atoms with E-state index in [2.05, 4.69) is 0 Å². The van der Waals surface area contributed by atoms with Crippen molar-refractivity contribution in [2.75, 3.05) is 6.26 Å². The highest BCUT2D eigenvalue weighted by Gasteiger charge is 2.28. The van der Waals surface area contributed by atoms with Crippen molar-refractivity contribution in [2.45, 2.75) is 18.1 Å². The quantitative estimate of drug-likeness (QED) is 0.738. The predicted octanol–water partition coefficient (Wildman–Crippen LogP) is 1.85. The van der Waals surface area contributed by atoms with Gasteiger partial charge in [-0.25, -0.2) is 8.42 Å². The molecule has 1 unspecified atom stereocenters. The molecule has 0 N–H and O–H groups in total. The lowest BCUT2D eigenvalue weighted by atomic mass is 10.1. The van der Waals surface area contributed by atoms with E-state index in [0.29, 0.717) is 17.9 Å². The van der Waals surface area contributed by atoms with Gasteiger partial charge in [-0.05, 0) is 36.1 Å². The van der Waals surface area contributed by atoms with Crippen molar-refractivity contribution in [3.05, 3.63) is 34.3 Å². The topological polar surface area (TPSA) is 34.1 Å². The summed E-state index contributed by atoms with van der Waals surface area (Å²) in [5.41, 5.74) is 2.19. The van der Waals surface area contributed by atoms with Gasteiger partial charge in [0.1, 0.15) is 0 Å². The highest BCUT2D eigenvalue weighted by Crippen LogP contribution is 2.28. The Morgan fingerprint density at radius 1 is 1.29 bits per heavy atom. The first-order valence-corrected chi connectivity index (χ1v) is 6.76. The number of hydrogen-bond acceptors (Lipinski definition) is 2. The van der Waals surface area contributed by atoms with Crippen LogP contribution in [0.1, 0.15) is 11.1 Å². The average molecular weight is 231 g/mol. The summed E-state index contributed by atoms with van der Waals surface area (Å²) < 4.78 is 22.7. The Balaban J connectivity index is 2.35. The van der Waals surface area contributed by atoms with Gasteiger partial charge >= 0.3 is 0 Å². The molecule has 1 aromatic rings. The van der Waals surface area contributed by atoms with Gasteiger partial charge in [-0.1, -0.05) is 17.7 Å². The second-order valence-electron chi connectivity index (χ2n) is 3.77. The molecule has 4 heteroatoms. The van der Waals surface area contributed by atoms with Crippen LogP contribution >= 0.6 is 11.6 Å². The molecule has 1 aliphatic carbocycles. The van der Waals surface area contributed by atoms with E-state index >= 15 is 0 Å². The van der Waals surface area contributed by atoms with Gasteiger partial charge in [0, 0.05) is 11.3 Å². The lowest BCUT2D eigenvalue weighted by Crippen LogP contribution is -2.19. The van der Waals surface area contributed by atoms with E-state index < -0.39 is 9.84 Å². The maximum Gasteiger partial charge on any atom is 0.150 e. The van der Waals surface area contributed by atoms with Crippen molar-refractivity contribution in [2.24, 2.45) is 0 Å². The van der Waals surface area contributed by atoms with Gasteiger partial charge < -0.3 is 0 Å². The number of fused-ring (bicyclic) bond motifs is 1. The number of hydrogen-bond donors (Lipinski definition) is 0. The molecule has 76 valence electrons. The Bertz CT molecular complexity index is 465. The van der Waals surface area contributed by atoms with Crippen molar-refractivity contribution < 1.29 is 8.42 Å². The van der Waals surface area contributed by atoms with E-state index in [1.807, 2.05) is 18.2 Å². The molecule has 1 atom stereocenters. The molecular formula is C10H11ClO2S. The zero-order valence-corrected chi connectivity index (χ0v) is 9.40. The Labute approximate surface area is 88.8 Å². The lowest BCUT2D eigenvalue weighted by Gasteiger charge is -2.04. The van der Waals surface area contributed by atoms with Crippen LogP contribution in [0, 0.1) is 0 Å². The summed E-state index contributed by atoms with van der Waals surface area (Å²) in [6.45, 7) is 0. The first-order chi connectivity index (χ1) is 6.47. The summed E-state index contributed by atoms with van der Waals surface area (Å²) in [6, 6.07) is 5.59. The third-order valence-electron chi connectivity index (χ3n) is 2.67. The molecule has 14 heavy (non-hydrogen) atoms. The molecule has 1 aromatic carbocycles. The molecule has 0 radical (unpaired) electrons. The van der Waals surface area contributed by atoms with Gasteiger partial charge in [0.25, 0.3) is 0 Å². The molecule has 0 saturated carbocycles. The molecule has 0 saturated heterocycles. The van der Waals surface area contributed by atoms with E-state index in [1.54, 1.807) is 0 Å². The summed E-state index contributed by atoms with van der Waals surface area (Å²) in [6.07, 6.45) is 2.53. The number of benzene rings is 1. The second kappa shape index (κ2) is 3.24. The molecule has 2 nitrogen and oxygen atoms in total. The summed E-state index contributed by atoms with van der Waals surface area (Å²) in [5, 5.41) is 0.425. The minimum Gasteiger partial charge on any atom is -0.229 e. The number of rotatable bonds is 1. The maximum atomic E-state index is 11.4. The Morgan fingerprint density at radius 2 is 1.93 bits per heavy atom. The highest BCUT2D eigenvalue weighted by molar-refractivity contribution is 7.91. The molecule has 1 aliphatic rings. The summed E-state index contributed by atoms with van der Waals surface area (Å²) in [5.74, 6) is 0. The van der Waals surface area contributed by atoms with Crippen molar-refractivity contribution in [3.63, 3.8) is 0 Å². The van der Waals surface area contributed by atoms with E-state index in [0.717, 1.165) is 11.1 Å². The molecule has 0 fully saturated rings. The van der Waals surface area contributed by atoms with Gasteiger partial charge in [-0.2, -0.15) is 0 Å². The third kappa shape index (κ3) is 1.79. The van der Waals surface area contributed by atoms with E-state index in [1.165, 1.54) is 6.26 Å². The summed E-state index contributed by atoms with van der Waals surface area (Å²) in [4.78, 5) is 0. The van der Waals surface area contributed by atoms with Crippen LogP contribution in [0.2, 0.25) is 5.02 Å². The SMILES string of the molecule is CS(=O)(=O)C1Cc2ccc(Cl)cc2C1. The third-order valence-corrected chi connectivity index (χ3v) is 4.45. The summed E-state index contributed by atoms with van der Waals surface area (Å²) >= 11 is 5.84. The zero-order chi connectivity index (χ0) is 10.3. The Hall–Kier alpha value is -0.540. The Morgan fingerprint density at radius 3 is 2.57 bits per heavy atom. The largest absolute Gasteiger partial charge is 0.229 e. The molecule has 0 heterocycles. The fraction of sp³-hybridized carbons (Fsp3) is 0.400. The van der Waals surface area contributed by atoms with E-state index in [-0.39, 0.29) is 5.25 Å². The molecule has 0 amide bonds.